The van der Waals surface area contributed by atoms with E-state index in [1.54, 1.807) is 23.3 Å². The minimum Gasteiger partial charge on any atom is -0.314 e. The molecule has 0 saturated heterocycles. The Morgan fingerprint density at radius 1 is 1.21 bits per heavy atom. The first-order valence-electron chi connectivity index (χ1n) is 8.80. The summed E-state index contributed by atoms with van der Waals surface area (Å²) in [7, 11) is 1.83. The number of hydrogen-bond acceptors (Lipinski definition) is 6. The second-order valence-corrected chi connectivity index (χ2v) is 6.54. The molecular weight excluding hydrogens is 368 g/mol. The zero-order valence-electron chi connectivity index (χ0n) is 16.1. The van der Waals surface area contributed by atoms with Crippen molar-refractivity contribution < 1.29 is 4.79 Å². The van der Waals surface area contributed by atoms with Crippen LogP contribution in [0.4, 0.5) is 17.5 Å². The van der Waals surface area contributed by atoms with Crippen molar-refractivity contribution in [2.45, 2.75) is 13.8 Å². The van der Waals surface area contributed by atoms with E-state index < -0.39 is 5.91 Å². The third kappa shape index (κ3) is 3.39. The van der Waals surface area contributed by atoms with Gasteiger partial charge in [0.15, 0.2) is 0 Å². The molecule has 144 valence electrons. The first-order valence-corrected chi connectivity index (χ1v) is 8.80. The van der Waals surface area contributed by atoms with E-state index in [4.69, 9.17) is 6.42 Å². The number of pyridine rings is 1. The van der Waals surface area contributed by atoms with Crippen LogP contribution in [0.5, 0.6) is 0 Å². The van der Waals surface area contributed by atoms with Gasteiger partial charge in [-0.05, 0) is 31.4 Å². The predicted octanol–water partition coefficient (Wildman–Crippen LogP) is 2.48. The number of amides is 1. The molecule has 4 heterocycles. The van der Waals surface area contributed by atoms with Crippen LogP contribution in [0.25, 0.3) is 16.9 Å². The number of carbonyl (C=O) groups excluding carboxylic acids is 1. The van der Waals surface area contributed by atoms with E-state index in [1.165, 1.54) is 0 Å². The van der Waals surface area contributed by atoms with Crippen LogP contribution in [0.15, 0.2) is 36.9 Å². The lowest BCUT2D eigenvalue weighted by Crippen LogP contribution is -2.09. The Labute approximate surface area is 166 Å². The summed E-state index contributed by atoms with van der Waals surface area (Å²) in [4.78, 5) is 25.0. The van der Waals surface area contributed by atoms with Gasteiger partial charge in [-0.1, -0.05) is 0 Å². The van der Waals surface area contributed by atoms with Gasteiger partial charge in [-0.2, -0.15) is 10.1 Å². The smallest absolute Gasteiger partial charge is 0.300 e. The van der Waals surface area contributed by atoms with Crippen molar-refractivity contribution in [1.82, 2.24) is 29.3 Å². The average molecular weight is 386 g/mol. The number of fused-ring (bicyclic) bond motifs is 1. The van der Waals surface area contributed by atoms with E-state index in [0.29, 0.717) is 17.5 Å². The molecule has 4 aromatic rings. The maximum atomic E-state index is 11.5. The fourth-order valence-electron chi connectivity index (χ4n) is 3.01. The molecule has 4 aromatic heterocycles. The highest BCUT2D eigenvalue weighted by atomic mass is 16.1. The monoisotopic (exact) mass is 386 g/mol. The lowest BCUT2D eigenvalue weighted by molar-refractivity contribution is -0.111. The molecule has 29 heavy (non-hydrogen) atoms. The molecule has 9 heteroatoms. The molecule has 0 bridgehead atoms. The van der Waals surface area contributed by atoms with Crippen molar-refractivity contribution in [1.29, 1.82) is 0 Å². The standard InChI is InChI=1S/C20H18N8O/c1-5-17(29)24-14-8-15-13(3)11-28(19(15)21-10-14)18-12(2)9-22-20(26-18)25-16-6-7-23-27(16)4/h1,6-11H,2-4H3,(H,24,29)(H,22,25,26). The molecule has 0 aliphatic carbocycles. The predicted molar refractivity (Wildman–Crippen MR) is 110 cm³/mol. The summed E-state index contributed by atoms with van der Waals surface area (Å²) < 4.78 is 3.61. The van der Waals surface area contributed by atoms with Gasteiger partial charge in [0.05, 0.1) is 18.1 Å². The zero-order chi connectivity index (χ0) is 20.5. The first kappa shape index (κ1) is 18.2. The SMILES string of the molecule is C#CC(=O)Nc1cnc2c(c1)c(C)cn2-c1nc(Nc2ccnn2C)ncc1C. The van der Waals surface area contributed by atoms with Crippen molar-refractivity contribution in [2.24, 2.45) is 7.05 Å². The van der Waals surface area contributed by atoms with E-state index in [9.17, 15) is 4.79 Å². The van der Waals surface area contributed by atoms with E-state index in [-0.39, 0.29) is 0 Å². The van der Waals surface area contributed by atoms with E-state index >= 15 is 0 Å². The van der Waals surface area contributed by atoms with Gasteiger partial charge >= 0.3 is 0 Å². The summed E-state index contributed by atoms with van der Waals surface area (Å²) in [6.45, 7) is 3.91. The number of rotatable bonds is 4. The minimum absolute atomic E-state index is 0.451. The number of nitrogens with zero attached hydrogens (tertiary/aromatic N) is 6. The second kappa shape index (κ2) is 7.09. The van der Waals surface area contributed by atoms with Gasteiger partial charge < -0.3 is 10.6 Å². The Bertz CT molecular complexity index is 1280. The summed E-state index contributed by atoms with van der Waals surface area (Å²) in [6.07, 6.45) is 12.1. The fraction of sp³-hybridized carbons (Fsp3) is 0.150. The van der Waals surface area contributed by atoms with Crippen molar-refractivity contribution in [2.75, 3.05) is 10.6 Å². The van der Waals surface area contributed by atoms with Crippen LogP contribution in [0, 0.1) is 26.2 Å². The van der Waals surface area contributed by atoms with Crippen LogP contribution in [0.1, 0.15) is 11.1 Å². The largest absolute Gasteiger partial charge is 0.314 e. The van der Waals surface area contributed by atoms with Gasteiger partial charge in [0, 0.05) is 36.5 Å². The summed E-state index contributed by atoms with van der Waals surface area (Å²) in [6, 6.07) is 3.68. The van der Waals surface area contributed by atoms with E-state index in [2.05, 4.69) is 30.7 Å². The highest BCUT2D eigenvalue weighted by Crippen LogP contribution is 2.26. The maximum Gasteiger partial charge on any atom is 0.300 e. The first-order chi connectivity index (χ1) is 14.0. The van der Waals surface area contributed by atoms with Gasteiger partial charge in [-0.25, -0.2) is 9.97 Å². The summed E-state index contributed by atoms with van der Waals surface area (Å²) >= 11 is 0. The van der Waals surface area contributed by atoms with Gasteiger partial charge in [0.25, 0.3) is 5.91 Å². The Morgan fingerprint density at radius 2 is 2.03 bits per heavy atom. The van der Waals surface area contributed by atoms with Gasteiger partial charge in [-0.15, -0.1) is 6.42 Å². The highest BCUT2D eigenvalue weighted by molar-refractivity contribution is 6.04. The van der Waals surface area contributed by atoms with Crippen LogP contribution in [0.2, 0.25) is 0 Å². The normalized spacial score (nSPS) is 10.7. The van der Waals surface area contributed by atoms with E-state index in [0.717, 1.165) is 28.0 Å². The third-order valence-corrected chi connectivity index (χ3v) is 4.47. The molecule has 0 aliphatic rings. The van der Waals surface area contributed by atoms with Crippen LogP contribution in [0.3, 0.4) is 0 Å². The van der Waals surface area contributed by atoms with Crippen LogP contribution < -0.4 is 10.6 Å². The van der Waals surface area contributed by atoms with Crippen molar-refractivity contribution in [3.63, 3.8) is 0 Å². The van der Waals surface area contributed by atoms with Crippen molar-refractivity contribution in [3.8, 4) is 18.2 Å². The quantitative estimate of drug-likeness (QED) is 0.523. The molecule has 0 fully saturated rings. The molecule has 4 rings (SSSR count). The lowest BCUT2D eigenvalue weighted by Gasteiger charge is -2.11. The Kier molecular flexibility index (Phi) is 4.44. The van der Waals surface area contributed by atoms with Gasteiger partial charge in [-0.3, -0.25) is 14.0 Å². The molecule has 0 spiro atoms. The minimum atomic E-state index is -0.513. The molecule has 0 atom stereocenters. The molecule has 2 N–H and O–H groups in total. The number of hydrogen-bond donors (Lipinski definition) is 2. The third-order valence-electron chi connectivity index (χ3n) is 4.47. The zero-order valence-corrected chi connectivity index (χ0v) is 16.1. The maximum absolute atomic E-state index is 11.5. The molecule has 1 amide bonds. The topological polar surface area (TPSA) is 103 Å². The average Bonchev–Trinajstić information content (AvgIpc) is 3.26. The van der Waals surface area contributed by atoms with Gasteiger partial charge in [0.1, 0.15) is 17.3 Å². The molecule has 0 unspecified atom stereocenters. The molecule has 0 saturated carbocycles. The second-order valence-electron chi connectivity index (χ2n) is 6.54. The van der Waals surface area contributed by atoms with Crippen LogP contribution >= 0.6 is 0 Å². The van der Waals surface area contributed by atoms with Gasteiger partial charge in [0.2, 0.25) is 5.95 Å². The lowest BCUT2D eigenvalue weighted by atomic mass is 10.2. The van der Waals surface area contributed by atoms with Crippen molar-refractivity contribution >= 4 is 34.4 Å². The molecule has 0 aliphatic heterocycles. The van der Waals surface area contributed by atoms with E-state index in [1.807, 2.05) is 49.7 Å². The Balaban J connectivity index is 1.76. The van der Waals surface area contributed by atoms with Crippen LogP contribution in [-0.4, -0.2) is 35.2 Å². The number of aryl methyl sites for hydroxylation is 3. The number of terminal acetylenes is 1. The number of anilines is 3. The molecule has 9 nitrogen and oxygen atoms in total. The summed E-state index contributed by atoms with van der Waals surface area (Å²) in [5.74, 6) is 3.45. The number of carbonyl (C=O) groups is 1. The highest BCUT2D eigenvalue weighted by Gasteiger charge is 2.14. The van der Waals surface area contributed by atoms with Crippen molar-refractivity contribution in [3.05, 3.63) is 48.0 Å². The fourth-order valence-corrected chi connectivity index (χ4v) is 3.01. The Morgan fingerprint density at radius 3 is 2.76 bits per heavy atom. The number of nitrogens with one attached hydrogen (secondary N) is 2. The molecule has 0 aromatic carbocycles. The van der Waals surface area contributed by atoms with Crippen LogP contribution in [-0.2, 0) is 11.8 Å². The summed E-state index contributed by atoms with van der Waals surface area (Å²) in [5, 5.41) is 10.8. The Hall–Kier alpha value is -4.19. The molecular formula is C20H18N8O. The molecule has 0 radical (unpaired) electrons. The summed E-state index contributed by atoms with van der Waals surface area (Å²) in [5.41, 5.74) is 3.14. The number of aromatic nitrogens is 6.